The number of benzene rings is 1. The fraction of sp³-hybridized carbons (Fsp3) is 0.682. The van der Waals surface area contributed by atoms with Gasteiger partial charge in [-0.25, -0.2) is 0 Å². The SMILES string of the molecule is CCCCC[C@@H](O)CC(=O)CCc1ccc(O)c(OC2CCCCC2)c1. The Morgan fingerprint density at radius 3 is 2.73 bits per heavy atom. The van der Waals surface area contributed by atoms with Gasteiger partial charge in [0.2, 0.25) is 0 Å². The van der Waals surface area contributed by atoms with Crippen LogP contribution in [0.15, 0.2) is 18.2 Å². The second-order valence-corrected chi connectivity index (χ2v) is 7.57. The van der Waals surface area contributed by atoms with E-state index in [-0.39, 0.29) is 24.1 Å². The van der Waals surface area contributed by atoms with Gasteiger partial charge in [-0.2, -0.15) is 0 Å². The minimum absolute atomic E-state index is 0.0943. The molecule has 4 nitrogen and oxygen atoms in total. The maximum atomic E-state index is 12.1. The van der Waals surface area contributed by atoms with E-state index in [0.717, 1.165) is 37.7 Å². The number of ether oxygens (including phenoxy) is 1. The Hall–Kier alpha value is -1.55. The molecule has 26 heavy (non-hydrogen) atoms. The van der Waals surface area contributed by atoms with Crippen LogP contribution >= 0.6 is 0 Å². The first-order valence-corrected chi connectivity index (χ1v) is 10.3. The summed E-state index contributed by atoms with van der Waals surface area (Å²) in [6.45, 7) is 2.13. The van der Waals surface area contributed by atoms with Gasteiger partial charge in [0, 0.05) is 12.8 Å². The molecule has 1 aromatic carbocycles. The van der Waals surface area contributed by atoms with Crippen molar-refractivity contribution in [2.24, 2.45) is 0 Å². The highest BCUT2D eigenvalue weighted by Crippen LogP contribution is 2.31. The van der Waals surface area contributed by atoms with Crippen LogP contribution in [0.2, 0.25) is 0 Å². The summed E-state index contributed by atoms with van der Waals surface area (Å²) >= 11 is 0. The molecule has 2 N–H and O–H groups in total. The fourth-order valence-corrected chi connectivity index (χ4v) is 3.55. The number of hydrogen-bond acceptors (Lipinski definition) is 4. The van der Waals surface area contributed by atoms with Gasteiger partial charge in [-0.05, 0) is 56.2 Å². The Labute approximate surface area is 157 Å². The maximum Gasteiger partial charge on any atom is 0.161 e. The highest BCUT2D eigenvalue weighted by molar-refractivity contribution is 5.79. The van der Waals surface area contributed by atoms with Crippen LogP contribution in [0.5, 0.6) is 11.5 Å². The first kappa shape index (κ1) is 20.8. The monoisotopic (exact) mass is 362 g/mol. The van der Waals surface area contributed by atoms with Crippen molar-refractivity contribution in [3.8, 4) is 11.5 Å². The number of unbranched alkanes of at least 4 members (excludes halogenated alkanes) is 2. The fourth-order valence-electron chi connectivity index (χ4n) is 3.55. The van der Waals surface area contributed by atoms with Gasteiger partial charge in [0.25, 0.3) is 0 Å². The van der Waals surface area contributed by atoms with Crippen molar-refractivity contribution in [3.05, 3.63) is 23.8 Å². The van der Waals surface area contributed by atoms with Crippen molar-refractivity contribution in [1.29, 1.82) is 0 Å². The van der Waals surface area contributed by atoms with E-state index in [2.05, 4.69) is 6.92 Å². The molecule has 146 valence electrons. The molecule has 0 heterocycles. The summed E-state index contributed by atoms with van der Waals surface area (Å²) in [5, 5.41) is 20.0. The summed E-state index contributed by atoms with van der Waals surface area (Å²) in [6.07, 6.45) is 10.5. The Morgan fingerprint density at radius 2 is 2.00 bits per heavy atom. The number of aliphatic hydroxyl groups is 1. The summed E-state index contributed by atoms with van der Waals surface area (Å²) in [5.41, 5.74) is 0.988. The number of phenols is 1. The van der Waals surface area contributed by atoms with Crippen molar-refractivity contribution < 1.29 is 19.7 Å². The summed E-state index contributed by atoms with van der Waals surface area (Å²) < 4.78 is 5.98. The van der Waals surface area contributed by atoms with E-state index >= 15 is 0 Å². The van der Waals surface area contributed by atoms with Gasteiger partial charge >= 0.3 is 0 Å². The molecule has 0 aliphatic heterocycles. The predicted molar refractivity (Wildman–Crippen MR) is 104 cm³/mol. The standard InChI is InChI=1S/C22H34O4/c1-2-3-5-8-18(23)16-19(24)13-11-17-12-14-21(25)22(15-17)26-20-9-6-4-7-10-20/h12,14-15,18,20,23,25H,2-11,13,16H2,1H3/t18-/m1/s1. The second-order valence-electron chi connectivity index (χ2n) is 7.57. The zero-order chi connectivity index (χ0) is 18.8. The number of aryl methyl sites for hydroxylation is 1. The minimum Gasteiger partial charge on any atom is -0.504 e. The number of phenolic OH excluding ortho intramolecular Hbond substituents is 1. The Kier molecular flexibility index (Phi) is 8.96. The summed E-state index contributed by atoms with van der Waals surface area (Å²) in [6, 6.07) is 5.35. The van der Waals surface area contributed by atoms with Gasteiger partial charge in [-0.1, -0.05) is 38.7 Å². The van der Waals surface area contributed by atoms with E-state index < -0.39 is 6.10 Å². The van der Waals surface area contributed by atoms with Gasteiger partial charge in [-0.15, -0.1) is 0 Å². The second kappa shape index (κ2) is 11.2. The molecule has 0 amide bonds. The number of aliphatic hydroxyl groups excluding tert-OH is 1. The molecule has 1 atom stereocenters. The normalized spacial score (nSPS) is 16.4. The molecule has 0 bridgehead atoms. The lowest BCUT2D eigenvalue weighted by Gasteiger charge is -2.23. The van der Waals surface area contributed by atoms with E-state index in [1.54, 1.807) is 6.07 Å². The summed E-state index contributed by atoms with van der Waals surface area (Å²) in [5.74, 6) is 0.787. The van der Waals surface area contributed by atoms with Crippen molar-refractivity contribution in [2.75, 3.05) is 0 Å². The van der Waals surface area contributed by atoms with Gasteiger partial charge in [0.05, 0.1) is 12.2 Å². The van der Waals surface area contributed by atoms with Crippen LogP contribution in [0, 0.1) is 0 Å². The number of aromatic hydroxyl groups is 1. The molecular weight excluding hydrogens is 328 g/mol. The smallest absolute Gasteiger partial charge is 0.161 e. The van der Waals surface area contributed by atoms with E-state index in [9.17, 15) is 15.0 Å². The van der Waals surface area contributed by atoms with Crippen molar-refractivity contribution in [2.45, 2.75) is 96.2 Å². The van der Waals surface area contributed by atoms with Crippen LogP contribution in [-0.4, -0.2) is 28.2 Å². The van der Waals surface area contributed by atoms with Gasteiger partial charge in [0.1, 0.15) is 5.78 Å². The minimum atomic E-state index is -0.515. The highest BCUT2D eigenvalue weighted by Gasteiger charge is 2.17. The first-order valence-electron chi connectivity index (χ1n) is 10.3. The van der Waals surface area contributed by atoms with Gasteiger partial charge in [0.15, 0.2) is 11.5 Å². The lowest BCUT2D eigenvalue weighted by molar-refractivity contribution is -0.121. The molecule has 0 saturated heterocycles. The Bertz CT molecular complexity index is 549. The zero-order valence-electron chi connectivity index (χ0n) is 16.1. The lowest BCUT2D eigenvalue weighted by Crippen LogP contribution is -2.19. The third kappa shape index (κ3) is 7.36. The topological polar surface area (TPSA) is 66.8 Å². The molecule has 0 spiro atoms. The van der Waals surface area contributed by atoms with Crippen LogP contribution in [-0.2, 0) is 11.2 Å². The third-order valence-electron chi connectivity index (χ3n) is 5.17. The predicted octanol–water partition coefficient (Wildman–Crippen LogP) is 4.94. The molecular formula is C22H34O4. The quantitative estimate of drug-likeness (QED) is 0.547. The van der Waals surface area contributed by atoms with Crippen LogP contribution in [0.25, 0.3) is 0 Å². The van der Waals surface area contributed by atoms with E-state index in [1.807, 2.05) is 12.1 Å². The molecule has 1 aliphatic rings. The summed E-state index contributed by atoms with van der Waals surface area (Å²) in [4.78, 5) is 12.1. The molecule has 4 heteroatoms. The van der Waals surface area contributed by atoms with Crippen molar-refractivity contribution >= 4 is 5.78 Å². The van der Waals surface area contributed by atoms with E-state index in [4.69, 9.17) is 4.74 Å². The number of carbonyl (C=O) groups excluding carboxylic acids is 1. The van der Waals surface area contributed by atoms with Crippen molar-refractivity contribution in [1.82, 2.24) is 0 Å². The Morgan fingerprint density at radius 1 is 1.23 bits per heavy atom. The average molecular weight is 363 g/mol. The van der Waals surface area contributed by atoms with Crippen LogP contribution in [0.4, 0.5) is 0 Å². The van der Waals surface area contributed by atoms with Crippen LogP contribution in [0.3, 0.4) is 0 Å². The van der Waals surface area contributed by atoms with Crippen molar-refractivity contribution in [3.63, 3.8) is 0 Å². The lowest BCUT2D eigenvalue weighted by atomic mass is 9.97. The third-order valence-corrected chi connectivity index (χ3v) is 5.17. The zero-order valence-corrected chi connectivity index (χ0v) is 16.1. The highest BCUT2D eigenvalue weighted by atomic mass is 16.5. The molecule has 1 saturated carbocycles. The van der Waals surface area contributed by atoms with Crippen LogP contribution < -0.4 is 4.74 Å². The molecule has 1 aromatic rings. The molecule has 0 unspecified atom stereocenters. The summed E-state index contributed by atoms with van der Waals surface area (Å²) in [7, 11) is 0. The van der Waals surface area contributed by atoms with Gasteiger partial charge in [-0.3, -0.25) is 4.79 Å². The van der Waals surface area contributed by atoms with E-state index in [0.29, 0.717) is 25.0 Å². The number of rotatable bonds is 11. The molecule has 2 rings (SSSR count). The average Bonchev–Trinajstić information content (AvgIpc) is 2.63. The number of Topliss-reactive ketones (excluding diaryl/α,β-unsaturated/α-hetero) is 1. The molecule has 1 fully saturated rings. The first-order chi connectivity index (χ1) is 12.6. The Balaban J connectivity index is 1.79. The molecule has 0 aromatic heterocycles. The number of ketones is 1. The van der Waals surface area contributed by atoms with E-state index in [1.165, 1.54) is 19.3 Å². The van der Waals surface area contributed by atoms with Gasteiger partial charge < -0.3 is 14.9 Å². The number of carbonyl (C=O) groups is 1. The number of hydrogen-bond donors (Lipinski definition) is 2. The maximum absolute atomic E-state index is 12.1. The largest absolute Gasteiger partial charge is 0.504 e. The molecule has 0 radical (unpaired) electrons. The molecule has 1 aliphatic carbocycles. The van der Waals surface area contributed by atoms with Crippen LogP contribution in [0.1, 0.15) is 83.1 Å².